The van der Waals surface area contributed by atoms with Gasteiger partial charge in [-0.05, 0) is 36.5 Å². The standard InChI is InChI=1S/C15H16N4O4S2/c1-18(2)25(22,23)14-8-4-6-12(10-14)17-15(24)16-11-5-3-7-13(9-11)19(20)21/h3-10H,1-2H3,(H2,16,17,24). The molecular formula is C15H16N4O4S2. The second-order valence-corrected chi connectivity index (χ2v) is 7.76. The van der Waals surface area contributed by atoms with E-state index in [0.29, 0.717) is 11.4 Å². The van der Waals surface area contributed by atoms with E-state index in [1.807, 2.05) is 0 Å². The van der Waals surface area contributed by atoms with E-state index in [1.165, 1.54) is 44.4 Å². The Morgan fingerprint density at radius 3 is 2.20 bits per heavy atom. The van der Waals surface area contributed by atoms with Gasteiger partial charge in [-0.2, -0.15) is 0 Å². The van der Waals surface area contributed by atoms with Gasteiger partial charge in [-0.3, -0.25) is 10.1 Å². The van der Waals surface area contributed by atoms with Gasteiger partial charge in [-0.15, -0.1) is 0 Å². The number of rotatable bonds is 5. The minimum absolute atomic E-state index is 0.0631. The van der Waals surface area contributed by atoms with Gasteiger partial charge >= 0.3 is 0 Å². The van der Waals surface area contributed by atoms with Crippen molar-refractivity contribution in [3.63, 3.8) is 0 Å². The van der Waals surface area contributed by atoms with Crippen molar-refractivity contribution in [3.8, 4) is 0 Å². The highest BCUT2D eigenvalue weighted by atomic mass is 32.2. The summed E-state index contributed by atoms with van der Waals surface area (Å²) in [6, 6.07) is 12.1. The van der Waals surface area contributed by atoms with Crippen LogP contribution in [0.2, 0.25) is 0 Å². The summed E-state index contributed by atoms with van der Waals surface area (Å²) in [7, 11) is -0.658. The van der Waals surface area contributed by atoms with E-state index in [2.05, 4.69) is 10.6 Å². The van der Waals surface area contributed by atoms with Crippen LogP contribution in [0.5, 0.6) is 0 Å². The number of sulfonamides is 1. The molecule has 0 heterocycles. The second-order valence-electron chi connectivity index (χ2n) is 5.20. The molecule has 0 atom stereocenters. The number of benzene rings is 2. The molecule has 2 aromatic carbocycles. The van der Waals surface area contributed by atoms with Gasteiger partial charge in [0.25, 0.3) is 5.69 Å². The van der Waals surface area contributed by atoms with Crippen LogP contribution in [0.3, 0.4) is 0 Å². The van der Waals surface area contributed by atoms with Crippen LogP contribution in [-0.2, 0) is 10.0 Å². The summed E-state index contributed by atoms with van der Waals surface area (Å²) < 4.78 is 25.4. The Morgan fingerprint density at radius 2 is 1.64 bits per heavy atom. The van der Waals surface area contributed by atoms with Crippen molar-refractivity contribution in [1.29, 1.82) is 0 Å². The Kier molecular flexibility index (Phi) is 5.67. The predicted octanol–water partition coefficient (Wildman–Crippen LogP) is 2.65. The first-order chi connectivity index (χ1) is 11.7. The number of anilines is 2. The fourth-order valence-electron chi connectivity index (χ4n) is 1.94. The fraction of sp³-hybridized carbons (Fsp3) is 0.133. The molecule has 0 bridgehead atoms. The number of nitro groups is 1. The van der Waals surface area contributed by atoms with E-state index in [0.717, 1.165) is 4.31 Å². The zero-order valence-electron chi connectivity index (χ0n) is 13.5. The van der Waals surface area contributed by atoms with E-state index in [-0.39, 0.29) is 15.7 Å². The maximum Gasteiger partial charge on any atom is 0.271 e. The van der Waals surface area contributed by atoms with Gasteiger partial charge in [0, 0.05) is 37.6 Å². The average molecular weight is 380 g/mol. The number of non-ortho nitro benzene ring substituents is 1. The molecule has 25 heavy (non-hydrogen) atoms. The van der Waals surface area contributed by atoms with Gasteiger partial charge in [0.15, 0.2) is 5.11 Å². The SMILES string of the molecule is CN(C)S(=O)(=O)c1cccc(NC(=S)Nc2cccc([N+](=O)[O-])c2)c1. The smallest absolute Gasteiger partial charge is 0.271 e. The highest BCUT2D eigenvalue weighted by Gasteiger charge is 2.17. The summed E-state index contributed by atoms with van der Waals surface area (Å²) >= 11 is 5.16. The zero-order valence-corrected chi connectivity index (χ0v) is 15.1. The number of thiocarbonyl (C=S) groups is 1. The van der Waals surface area contributed by atoms with E-state index in [1.54, 1.807) is 18.2 Å². The molecule has 132 valence electrons. The van der Waals surface area contributed by atoms with Crippen molar-refractivity contribution in [2.45, 2.75) is 4.90 Å². The van der Waals surface area contributed by atoms with Crippen molar-refractivity contribution in [2.24, 2.45) is 0 Å². The van der Waals surface area contributed by atoms with Gasteiger partial charge in [-0.1, -0.05) is 12.1 Å². The minimum atomic E-state index is -3.55. The van der Waals surface area contributed by atoms with Crippen LogP contribution >= 0.6 is 12.2 Å². The lowest BCUT2D eigenvalue weighted by Crippen LogP contribution is -2.23. The second kappa shape index (κ2) is 7.55. The molecule has 0 unspecified atom stereocenters. The van der Waals surface area contributed by atoms with Crippen LogP contribution < -0.4 is 10.6 Å². The third-order valence-corrected chi connectivity index (χ3v) is 5.20. The predicted molar refractivity (Wildman–Crippen MR) is 100 cm³/mol. The van der Waals surface area contributed by atoms with Crippen LogP contribution in [0.4, 0.5) is 17.1 Å². The largest absolute Gasteiger partial charge is 0.332 e. The molecule has 10 heteroatoms. The Balaban J connectivity index is 2.14. The minimum Gasteiger partial charge on any atom is -0.332 e. The summed E-state index contributed by atoms with van der Waals surface area (Å²) in [5, 5.41) is 16.6. The van der Waals surface area contributed by atoms with Crippen molar-refractivity contribution >= 4 is 44.4 Å². The normalized spacial score (nSPS) is 11.2. The van der Waals surface area contributed by atoms with E-state index in [4.69, 9.17) is 12.2 Å². The van der Waals surface area contributed by atoms with Crippen LogP contribution in [0.25, 0.3) is 0 Å². The van der Waals surface area contributed by atoms with Crippen molar-refractivity contribution < 1.29 is 13.3 Å². The average Bonchev–Trinajstić information content (AvgIpc) is 2.55. The summed E-state index contributed by atoms with van der Waals surface area (Å²) in [5.41, 5.74) is 0.862. The van der Waals surface area contributed by atoms with Crippen LogP contribution in [0, 0.1) is 10.1 Å². The van der Waals surface area contributed by atoms with Gasteiger partial charge in [-0.25, -0.2) is 12.7 Å². The maximum absolute atomic E-state index is 12.1. The van der Waals surface area contributed by atoms with Gasteiger partial charge in [0.05, 0.1) is 9.82 Å². The van der Waals surface area contributed by atoms with E-state index >= 15 is 0 Å². The lowest BCUT2D eigenvalue weighted by molar-refractivity contribution is -0.384. The molecule has 0 amide bonds. The third-order valence-electron chi connectivity index (χ3n) is 3.19. The quantitative estimate of drug-likeness (QED) is 0.467. The number of nitrogens with zero attached hydrogens (tertiary/aromatic N) is 2. The molecule has 0 aliphatic rings. The molecule has 2 N–H and O–H groups in total. The molecule has 0 fully saturated rings. The molecule has 2 rings (SSSR count). The van der Waals surface area contributed by atoms with Crippen molar-refractivity contribution in [1.82, 2.24) is 4.31 Å². The molecule has 0 aliphatic carbocycles. The number of hydrogen-bond acceptors (Lipinski definition) is 5. The maximum atomic E-state index is 12.1. The summed E-state index contributed by atoms with van der Waals surface area (Å²) in [4.78, 5) is 10.4. The summed E-state index contributed by atoms with van der Waals surface area (Å²) in [5.74, 6) is 0. The van der Waals surface area contributed by atoms with E-state index in [9.17, 15) is 18.5 Å². The van der Waals surface area contributed by atoms with Gasteiger partial charge in [0.2, 0.25) is 10.0 Å². The number of nitrogens with one attached hydrogen (secondary N) is 2. The Hall–Kier alpha value is -2.56. The Bertz CT molecular complexity index is 913. The molecule has 0 aromatic heterocycles. The van der Waals surface area contributed by atoms with Crippen LogP contribution in [-0.4, -0.2) is 36.9 Å². The Labute approximate surface area is 150 Å². The molecule has 8 nitrogen and oxygen atoms in total. The van der Waals surface area contributed by atoms with Crippen molar-refractivity contribution in [3.05, 3.63) is 58.6 Å². The highest BCUT2D eigenvalue weighted by Crippen LogP contribution is 2.20. The number of hydrogen-bond donors (Lipinski definition) is 2. The molecule has 0 aliphatic heterocycles. The zero-order chi connectivity index (χ0) is 18.6. The summed E-state index contributed by atoms with van der Waals surface area (Å²) in [6.45, 7) is 0. The van der Waals surface area contributed by atoms with Crippen molar-refractivity contribution in [2.75, 3.05) is 24.7 Å². The molecule has 2 aromatic rings. The summed E-state index contributed by atoms with van der Waals surface area (Å²) in [6.07, 6.45) is 0. The molecule has 0 saturated carbocycles. The molecular weight excluding hydrogens is 364 g/mol. The highest BCUT2D eigenvalue weighted by molar-refractivity contribution is 7.89. The third kappa shape index (κ3) is 4.72. The first kappa shape index (κ1) is 18.8. The van der Waals surface area contributed by atoms with Gasteiger partial charge in [0.1, 0.15) is 0 Å². The van der Waals surface area contributed by atoms with E-state index < -0.39 is 14.9 Å². The topological polar surface area (TPSA) is 105 Å². The van der Waals surface area contributed by atoms with Crippen LogP contribution in [0.1, 0.15) is 0 Å². The molecule has 0 radical (unpaired) electrons. The fourth-order valence-corrected chi connectivity index (χ4v) is 3.12. The lowest BCUT2D eigenvalue weighted by Gasteiger charge is -2.14. The molecule has 0 saturated heterocycles. The first-order valence-electron chi connectivity index (χ1n) is 7.05. The monoisotopic (exact) mass is 380 g/mol. The Morgan fingerprint density at radius 1 is 1.08 bits per heavy atom. The molecule has 0 spiro atoms. The first-order valence-corrected chi connectivity index (χ1v) is 8.90. The van der Waals surface area contributed by atoms with Gasteiger partial charge < -0.3 is 10.6 Å². The number of nitro benzene ring substituents is 1. The van der Waals surface area contributed by atoms with Crippen LogP contribution in [0.15, 0.2) is 53.4 Å². The lowest BCUT2D eigenvalue weighted by atomic mass is 10.3.